The van der Waals surface area contributed by atoms with Gasteiger partial charge in [0.25, 0.3) is 0 Å². The number of guanidine groups is 1. The highest BCUT2D eigenvalue weighted by Gasteiger charge is 2.03. The quantitative estimate of drug-likeness (QED) is 0.216. The van der Waals surface area contributed by atoms with Crippen LogP contribution in [0.1, 0.15) is 24.9 Å². The Labute approximate surface area is 170 Å². The maximum absolute atomic E-state index is 4.61. The molecule has 0 unspecified atom stereocenters. The second-order valence-electron chi connectivity index (χ2n) is 5.87. The Morgan fingerprint density at radius 3 is 2.81 bits per heavy atom. The maximum atomic E-state index is 4.61. The van der Waals surface area contributed by atoms with E-state index in [-0.39, 0.29) is 24.0 Å². The number of aromatic nitrogens is 4. The average Bonchev–Trinajstić information content (AvgIpc) is 3.21. The SMILES string of the molecule is CCNC(=NCc1ccnn1C)NCCCc1nc2ccccc2[nH]1.I. The van der Waals surface area contributed by atoms with E-state index in [9.17, 15) is 0 Å². The number of aliphatic imine (C=N–C) groups is 1. The molecule has 0 radical (unpaired) electrons. The van der Waals surface area contributed by atoms with E-state index >= 15 is 0 Å². The lowest BCUT2D eigenvalue weighted by molar-refractivity contribution is 0.700. The van der Waals surface area contributed by atoms with E-state index in [1.54, 1.807) is 6.20 Å². The number of nitrogens with zero attached hydrogens (tertiary/aromatic N) is 4. The number of H-pyrrole nitrogens is 1. The topological polar surface area (TPSA) is 82.9 Å². The molecular weight excluding hydrogens is 441 g/mol. The monoisotopic (exact) mass is 467 g/mol. The molecule has 26 heavy (non-hydrogen) atoms. The zero-order chi connectivity index (χ0) is 17.5. The molecule has 0 saturated carbocycles. The number of benzene rings is 1. The Morgan fingerprint density at radius 2 is 2.08 bits per heavy atom. The van der Waals surface area contributed by atoms with Crippen LogP contribution in [0.25, 0.3) is 11.0 Å². The van der Waals surface area contributed by atoms with Gasteiger partial charge in [0.1, 0.15) is 5.82 Å². The molecule has 1 aromatic carbocycles. The van der Waals surface area contributed by atoms with Crippen LogP contribution in [0.2, 0.25) is 0 Å². The van der Waals surface area contributed by atoms with Gasteiger partial charge >= 0.3 is 0 Å². The van der Waals surface area contributed by atoms with Crippen molar-refractivity contribution in [2.45, 2.75) is 26.3 Å². The first-order valence-corrected chi connectivity index (χ1v) is 8.69. The van der Waals surface area contributed by atoms with Crippen LogP contribution >= 0.6 is 24.0 Å². The van der Waals surface area contributed by atoms with Crippen LogP contribution in [0.3, 0.4) is 0 Å². The van der Waals surface area contributed by atoms with E-state index in [0.717, 1.165) is 54.4 Å². The third-order valence-corrected chi connectivity index (χ3v) is 3.99. The first-order valence-electron chi connectivity index (χ1n) is 8.69. The van der Waals surface area contributed by atoms with E-state index in [0.29, 0.717) is 6.54 Å². The van der Waals surface area contributed by atoms with Gasteiger partial charge in [-0.15, -0.1) is 24.0 Å². The van der Waals surface area contributed by atoms with Crippen molar-refractivity contribution < 1.29 is 0 Å². The summed E-state index contributed by atoms with van der Waals surface area (Å²) in [4.78, 5) is 12.6. The number of halogens is 1. The number of nitrogens with one attached hydrogen (secondary N) is 3. The molecule has 3 aromatic rings. The summed E-state index contributed by atoms with van der Waals surface area (Å²) < 4.78 is 1.84. The molecule has 0 atom stereocenters. The number of aromatic amines is 1. The van der Waals surface area contributed by atoms with E-state index in [4.69, 9.17) is 0 Å². The van der Waals surface area contributed by atoms with Gasteiger partial charge in [0, 0.05) is 32.8 Å². The maximum Gasteiger partial charge on any atom is 0.191 e. The third-order valence-electron chi connectivity index (χ3n) is 3.99. The molecule has 0 aliphatic rings. The lowest BCUT2D eigenvalue weighted by Gasteiger charge is -2.11. The highest BCUT2D eigenvalue weighted by Crippen LogP contribution is 2.11. The van der Waals surface area contributed by atoms with Crippen LogP contribution in [-0.4, -0.2) is 38.8 Å². The average molecular weight is 467 g/mol. The molecule has 0 amide bonds. The fourth-order valence-electron chi connectivity index (χ4n) is 2.64. The second kappa shape index (κ2) is 10.1. The Bertz CT molecular complexity index is 804. The number of para-hydroxylation sites is 2. The molecule has 0 spiro atoms. The van der Waals surface area contributed by atoms with Crippen molar-refractivity contribution in [1.29, 1.82) is 0 Å². The fraction of sp³-hybridized carbons (Fsp3) is 0.389. The summed E-state index contributed by atoms with van der Waals surface area (Å²) in [6, 6.07) is 10.1. The van der Waals surface area contributed by atoms with Gasteiger partial charge in [-0.1, -0.05) is 12.1 Å². The number of aryl methyl sites for hydroxylation is 2. The van der Waals surface area contributed by atoms with Gasteiger partial charge in [-0.05, 0) is 31.5 Å². The Balaban J connectivity index is 0.00000243. The van der Waals surface area contributed by atoms with Crippen LogP contribution < -0.4 is 10.6 Å². The summed E-state index contributed by atoms with van der Waals surface area (Å²) in [5, 5.41) is 10.8. The minimum Gasteiger partial charge on any atom is -0.357 e. The minimum atomic E-state index is 0. The fourth-order valence-corrected chi connectivity index (χ4v) is 2.64. The van der Waals surface area contributed by atoms with Crippen molar-refractivity contribution in [3.05, 3.63) is 48.0 Å². The zero-order valence-corrected chi connectivity index (χ0v) is 17.5. The predicted octanol–water partition coefficient (Wildman–Crippen LogP) is 2.60. The van der Waals surface area contributed by atoms with Crippen LogP contribution in [0.5, 0.6) is 0 Å². The molecule has 0 bridgehead atoms. The zero-order valence-electron chi connectivity index (χ0n) is 15.2. The number of fused-ring (bicyclic) bond motifs is 1. The minimum absolute atomic E-state index is 0. The van der Waals surface area contributed by atoms with Crippen molar-refractivity contribution in [2.75, 3.05) is 13.1 Å². The molecule has 2 heterocycles. The summed E-state index contributed by atoms with van der Waals surface area (Å²) in [6.07, 6.45) is 3.68. The lowest BCUT2D eigenvalue weighted by atomic mass is 10.3. The summed E-state index contributed by atoms with van der Waals surface area (Å²) >= 11 is 0. The normalized spacial score (nSPS) is 11.4. The number of imidazole rings is 1. The molecule has 3 rings (SSSR count). The van der Waals surface area contributed by atoms with Gasteiger partial charge in [-0.25, -0.2) is 9.98 Å². The molecular formula is C18H26IN7. The number of hydrogen-bond acceptors (Lipinski definition) is 3. The predicted molar refractivity (Wildman–Crippen MR) is 116 cm³/mol. The second-order valence-corrected chi connectivity index (χ2v) is 5.87. The van der Waals surface area contributed by atoms with Gasteiger partial charge in [-0.3, -0.25) is 4.68 Å². The highest BCUT2D eigenvalue weighted by molar-refractivity contribution is 14.0. The molecule has 0 saturated heterocycles. The van der Waals surface area contributed by atoms with Crippen LogP contribution in [-0.2, 0) is 20.0 Å². The van der Waals surface area contributed by atoms with Gasteiger partial charge < -0.3 is 15.6 Å². The largest absolute Gasteiger partial charge is 0.357 e. The van der Waals surface area contributed by atoms with Gasteiger partial charge in [0.05, 0.1) is 23.3 Å². The summed E-state index contributed by atoms with van der Waals surface area (Å²) in [7, 11) is 1.93. The van der Waals surface area contributed by atoms with Crippen molar-refractivity contribution in [3.8, 4) is 0 Å². The van der Waals surface area contributed by atoms with Crippen molar-refractivity contribution in [1.82, 2.24) is 30.4 Å². The summed E-state index contributed by atoms with van der Waals surface area (Å²) in [5.41, 5.74) is 3.20. The van der Waals surface area contributed by atoms with Crippen LogP contribution in [0.4, 0.5) is 0 Å². The molecule has 0 aliphatic carbocycles. The Hall–Kier alpha value is -2.10. The van der Waals surface area contributed by atoms with Crippen molar-refractivity contribution in [2.24, 2.45) is 12.0 Å². The summed E-state index contributed by atoms with van der Waals surface area (Å²) in [6.45, 7) is 4.35. The van der Waals surface area contributed by atoms with Crippen LogP contribution in [0.15, 0.2) is 41.5 Å². The van der Waals surface area contributed by atoms with Crippen molar-refractivity contribution >= 4 is 41.0 Å². The molecule has 8 heteroatoms. The van der Waals surface area contributed by atoms with E-state index < -0.39 is 0 Å². The third kappa shape index (κ3) is 5.45. The van der Waals surface area contributed by atoms with Crippen molar-refractivity contribution in [3.63, 3.8) is 0 Å². The molecule has 7 nitrogen and oxygen atoms in total. The van der Waals surface area contributed by atoms with E-state index in [1.807, 2.05) is 36.0 Å². The molecule has 3 N–H and O–H groups in total. The number of hydrogen-bond donors (Lipinski definition) is 3. The summed E-state index contributed by atoms with van der Waals surface area (Å²) in [5.74, 6) is 1.85. The first kappa shape index (κ1) is 20.2. The molecule has 140 valence electrons. The standard InChI is InChI=1S/C18H25N7.HI/c1-3-19-18(21-13-14-10-12-22-25(14)2)20-11-6-9-17-23-15-7-4-5-8-16(15)24-17;/h4-5,7-8,10,12H,3,6,9,11,13H2,1-2H3,(H,23,24)(H2,19,20,21);1H. The lowest BCUT2D eigenvalue weighted by Crippen LogP contribution is -2.37. The molecule has 2 aromatic heterocycles. The van der Waals surface area contributed by atoms with Gasteiger partial charge in [0.15, 0.2) is 5.96 Å². The number of rotatable bonds is 7. The van der Waals surface area contributed by atoms with Crippen LogP contribution in [0, 0.1) is 0 Å². The highest BCUT2D eigenvalue weighted by atomic mass is 127. The molecule has 0 fully saturated rings. The molecule has 0 aliphatic heterocycles. The van der Waals surface area contributed by atoms with E-state index in [1.165, 1.54) is 0 Å². The van der Waals surface area contributed by atoms with E-state index in [2.05, 4.69) is 43.7 Å². The van der Waals surface area contributed by atoms with Gasteiger partial charge in [0.2, 0.25) is 0 Å². The first-order chi connectivity index (χ1) is 12.3. The smallest absolute Gasteiger partial charge is 0.191 e. The van der Waals surface area contributed by atoms with Gasteiger partial charge in [-0.2, -0.15) is 5.10 Å². The Kier molecular flexibility index (Phi) is 7.89. The Morgan fingerprint density at radius 1 is 1.23 bits per heavy atom.